The van der Waals surface area contributed by atoms with Crippen molar-refractivity contribution in [1.29, 1.82) is 0 Å². The van der Waals surface area contributed by atoms with Gasteiger partial charge in [-0.25, -0.2) is 0 Å². The maximum atomic E-state index is 12.1. The second-order valence-corrected chi connectivity index (χ2v) is 5.09. The Morgan fingerprint density at radius 2 is 1.90 bits per heavy atom. The van der Waals surface area contributed by atoms with Gasteiger partial charge in [-0.1, -0.05) is 24.3 Å². The molecule has 0 aliphatic carbocycles. The summed E-state index contributed by atoms with van der Waals surface area (Å²) in [5, 5.41) is 4.42. The van der Waals surface area contributed by atoms with Crippen LogP contribution in [0.3, 0.4) is 0 Å². The fraction of sp³-hybridized carbons (Fsp3) is 0.176. The molecule has 3 aromatic rings. The Bertz CT molecular complexity index is 824. The van der Waals surface area contributed by atoms with Gasteiger partial charge in [0.1, 0.15) is 0 Å². The summed E-state index contributed by atoms with van der Waals surface area (Å²) in [4.78, 5) is 16.4. The van der Waals surface area contributed by atoms with Crippen LogP contribution in [0.2, 0.25) is 0 Å². The lowest BCUT2D eigenvalue weighted by Gasteiger charge is -2.17. The summed E-state index contributed by atoms with van der Waals surface area (Å²) >= 11 is 0. The Kier molecular flexibility index (Phi) is 3.44. The molecule has 2 aromatic heterocycles. The van der Waals surface area contributed by atoms with Crippen LogP contribution in [0.4, 0.5) is 5.69 Å². The van der Waals surface area contributed by atoms with E-state index in [1.807, 2.05) is 49.4 Å². The van der Waals surface area contributed by atoms with Crippen LogP contribution < -0.4 is 10.9 Å². The molecule has 1 aromatic carbocycles. The van der Waals surface area contributed by atoms with Gasteiger partial charge in [-0.05, 0) is 25.1 Å². The molecule has 0 saturated heterocycles. The Labute approximate surface area is 123 Å². The predicted molar refractivity (Wildman–Crippen MR) is 85.5 cm³/mol. The summed E-state index contributed by atoms with van der Waals surface area (Å²) < 4.78 is 1.66. The summed E-state index contributed by atoms with van der Waals surface area (Å²) in [5.74, 6) is 0. The molecule has 1 N–H and O–H groups in total. The van der Waals surface area contributed by atoms with E-state index in [0.29, 0.717) is 0 Å². The average Bonchev–Trinajstić information content (AvgIpc) is 2.53. The standard InChI is InChI=1S/C17H17N3O/c1-12(14-8-5-6-10-18-14)19-15-11-17(21)20(2)16-9-4-3-7-13(15)16/h3-12,19H,1-2H3. The van der Waals surface area contributed by atoms with Crippen molar-refractivity contribution in [3.8, 4) is 0 Å². The van der Waals surface area contributed by atoms with Gasteiger partial charge in [0.25, 0.3) is 5.56 Å². The lowest BCUT2D eigenvalue weighted by molar-refractivity contribution is 0.837. The number of aryl methyl sites for hydroxylation is 1. The second-order valence-electron chi connectivity index (χ2n) is 5.09. The van der Waals surface area contributed by atoms with Gasteiger partial charge in [-0.2, -0.15) is 0 Å². The van der Waals surface area contributed by atoms with E-state index in [1.165, 1.54) is 0 Å². The molecular weight excluding hydrogens is 262 g/mol. The molecule has 4 heteroatoms. The minimum Gasteiger partial charge on any atom is -0.376 e. The molecular formula is C17H17N3O. The maximum absolute atomic E-state index is 12.1. The molecule has 0 amide bonds. The lowest BCUT2D eigenvalue weighted by atomic mass is 10.1. The molecule has 0 bridgehead atoms. The van der Waals surface area contributed by atoms with Crippen molar-refractivity contribution >= 4 is 16.6 Å². The third-order valence-corrected chi connectivity index (χ3v) is 3.66. The Morgan fingerprint density at radius 1 is 1.14 bits per heavy atom. The number of rotatable bonds is 3. The van der Waals surface area contributed by atoms with E-state index >= 15 is 0 Å². The molecule has 0 aliphatic heterocycles. The molecule has 2 heterocycles. The molecule has 1 atom stereocenters. The van der Waals surface area contributed by atoms with Crippen molar-refractivity contribution in [2.45, 2.75) is 13.0 Å². The number of nitrogens with zero attached hydrogens (tertiary/aromatic N) is 2. The molecule has 4 nitrogen and oxygen atoms in total. The molecule has 3 rings (SSSR count). The first kappa shape index (κ1) is 13.4. The molecule has 21 heavy (non-hydrogen) atoms. The number of nitrogens with one attached hydrogen (secondary N) is 1. The third kappa shape index (κ3) is 2.52. The Morgan fingerprint density at radius 3 is 2.67 bits per heavy atom. The minimum absolute atomic E-state index is 0.0237. The molecule has 106 valence electrons. The summed E-state index contributed by atoms with van der Waals surface area (Å²) in [7, 11) is 1.79. The van der Waals surface area contributed by atoms with Crippen molar-refractivity contribution in [2.24, 2.45) is 7.05 Å². The van der Waals surface area contributed by atoms with E-state index in [9.17, 15) is 4.79 Å². The van der Waals surface area contributed by atoms with E-state index in [-0.39, 0.29) is 11.6 Å². The number of pyridine rings is 2. The third-order valence-electron chi connectivity index (χ3n) is 3.66. The Balaban J connectivity index is 2.05. The minimum atomic E-state index is -0.0237. The van der Waals surface area contributed by atoms with Crippen molar-refractivity contribution in [1.82, 2.24) is 9.55 Å². The van der Waals surface area contributed by atoms with E-state index in [4.69, 9.17) is 0 Å². The first-order valence-corrected chi connectivity index (χ1v) is 6.93. The molecule has 1 unspecified atom stereocenters. The molecule has 0 aliphatic rings. The highest BCUT2D eigenvalue weighted by Gasteiger charge is 2.10. The molecule has 0 fully saturated rings. The monoisotopic (exact) mass is 279 g/mol. The quantitative estimate of drug-likeness (QED) is 0.801. The molecule has 0 spiro atoms. The number of aromatic nitrogens is 2. The van der Waals surface area contributed by atoms with Gasteiger partial charge in [0.2, 0.25) is 0 Å². The van der Waals surface area contributed by atoms with Crippen LogP contribution in [-0.4, -0.2) is 9.55 Å². The van der Waals surface area contributed by atoms with Crippen molar-refractivity contribution in [3.05, 3.63) is 70.8 Å². The normalized spacial score (nSPS) is 12.3. The van der Waals surface area contributed by atoms with E-state index < -0.39 is 0 Å². The summed E-state index contributed by atoms with van der Waals surface area (Å²) in [6.45, 7) is 2.04. The molecule has 0 saturated carbocycles. The van der Waals surface area contributed by atoms with Crippen molar-refractivity contribution in [2.75, 3.05) is 5.32 Å². The van der Waals surface area contributed by atoms with Crippen LogP contribution in [0.25, 0.3) is 10.9 Å². The fourth-order valence-corrected chi connectivity index (χ4v) is 2.47. The number of para-hydroxylation sites is 1. The van der Waals surface area contributed by atoms with Crippen LogP contribution in [0, 0.1) is 0 Å². The van der Waals surface area contributed by atoms with Gasteiger partial charge in [-0.15, -0.1) is 0 Å². The van der Waals surface area contributed by atoms with Gasteiger partial charge in [0, 0.05) is 30.4 Å². The van der Waals surface area contributed by atoms with Crippen LogP contribution in [0.15, 0.2) is 59.5 Å². The smallest absolute Gasteiger partial charge is 0.252 e. The summed E-state index contributed by atoms with van der Waals surface area (Å²) in [6, 6.07) is 15.4. The number of fused-ring (bicyclic) bond motifs is 1. The number of benzene rings is 1. The van der Waals surface area contributed by atoms with E-state index in [2.05, 4.69) is 10.3 Å². The average molecular weight is 279 g/mol. The SMILES string of the molecule is CC(Nc1cc(=O)n(C)c2ccccc12)c1ccccn1. The van der Waals surface area contributed by atoms with Crippen LogP contribution in [0.5, 0.6) is 0 Å². The fourth-order valence-electron chi connectivity index (χ4n) is 2.47. The zero-order chi connectivity index (χ0) is 14.8. The Hall–Kier alpha value is -2.62. The lowest BCUT2D eigenvalue weighted by Crippen LogP contribution is -2.18. The highest BCUT2D eigenvalue weighted by molar-refractivity contribution is 5.91. The van der Waals surface area contributed by atoms with Crippen LogP contribution >= 0.6 is 0 Å². The highest BCUT2D eigenvalue weighted by Crippen LogP contribution is 2.24. The number of hydrogen-bond acceptors (Lipinski definition) is 3. The zero-order valence-corrected chi connectivity index (χ0v) is 12.1. The largest absolute Gasteiger partial charge is 0.376 e. The summed E-state index contributed by atoms with van der Waals surface area (Å²) in [5.41, 5.74) is 2.68. The first-order valence-electron chi connectivity index (χ1n) is 6.93. The van der Waals surface area contributed by atoms with Gasteiger partial charge < -0.3 is 9.88 Å². The van der Waals surface area contributed by atoms with E-state index in [1.54, 1.807) is 23.9 Å². The number of anilines is 1. The van der Waals surface area contributed by atoms with E-state index in [0.717, 1.165) is 22.3 Å². The first-order chi connectivity index (χ1) is 10.2. The van der Waals surface area contributed by atoms with Gasteiger partial charge in [0.15, 0.2) is 0 Å². The van der Waals surface area contributed by atoms with Crippen LogP contribution in [-0.2, 0) is 7.05 Å². The van der Waals surface area contributed by atoms with Gasteiger partial charge in [0.05, 0.1) is 17.3 Å². The maximum Gasteiger partial charge on any atom is 0.252 e. The summed E-state index contributed by atoms with van der Waals surface area (Å²) in [6.07, 6.45) is 1.77. The molecule has 0 radical (unpaired) electrons. The van der Waals surface area contributed by atoms with Gasteiger partial charge in [-0.3, -0.25) is 9.78 Å². The van der Waals surface area contributed by atoms with Crippen LogP contribution in [0.1, 0.15) is 18.7 Å². The number of hydrogen-bond donors (Lipinski definition) is 1. The van der Waals surface area contributed by atoms with Crippen molar-refractivity contribution in [3.63, 3.8) is 0 Å². The topological polar surface area (TPSA) is 46.9 Å². The van der Waals surface area contributed by atoms with Crippen molar-refractivity contribution < 1.29 is 0 Å². The zero-order valence-electron chi connectivity index (χ0n) is 12.1. The predicted octanol–water partition coefficient (Wildman–Crippen LogP) is 3.11. The highest BCUT2D eigenvalue weighted by atomic mass is 16.1. The second kappa shape index (κ2) is 5.40. The van der Waals surface area contributed by atoms with Gasteiger partial charge >= 0.3 is 0 Å².